The van der Waals surface area contributed by atoms with Crippen LogP contribution >= 0.6 is 0 Å². The Balaban J connectivity index is 1.84. The molecule has 168 valence electrons. The van der Waals surface area contributed by atoms with Crippen LogP contribution in [0.2, 0.25) is 0 Å². The molecule has 6 heteroatoms. The Labute approximate surface area is 188 Å². The number of unbranched alkanes of at least 4 members (excludes halogenated alkanes) is 2. The van der Waals surface area contributed by atoms with Crippen molar-refractivity contribution in [2.75, 3.05) is 13.7 Å². The minimum Gasteiger partial charge on any atom is -0.497 e. The van der Waals surface area contributed by atoms with E-state index in [4.69, 9.17) is 9.72 Å². The fourth-order valence-electron chi connectivity index (χ4n) is 4.14. The molecule has 3 aromatic rings. The second kappa shape index (κ2) is 9.55. The summed E-state index contributed by atoms with van der Waals surface area (Å²) in [5.41, 5.74) is 1.23. The first-order valence-electron chi connectivity index (χ1n) is 11.5. The monoisotopic (exact) mass is 433 g/mol. The van der Waals surface area contributed by atoms with Crippen molar-refractivity contribution in [1.29, 1.82) is 0 Å². The van der Waals surface area contributed by atoms with Gasteiger partial charge in [0.2, 0.25) is 5.91 Å². The molecule has 1 heterocycles. The topological polar surface area (TPSA) is 64.4 Å². The van der Waals surface area contributed by atoms with Gasteiger partial charge >= 0.3 is 0 Å². The number of hydrogen-bond acceptors (Lipinski definition) is 4. The molecule has 2 aromatic carbocycles. The van der Waals surface area contributed by atoms with Crippen molar-refractivity contribution in [3.63, 3.8) is 0 Å². The maximum absolute atomic E-state index is 13.6. The van der Waals surface area contributed by atoms with Gasteiger partial charge in [-0.15, -0.1) is 0 Å². The fourth-order valence-corrected chi connectivity index (χ4v) is 4.14. The molecule has 1 atom stereocenters. The van der Waals surface area contributed by atoms with Crippen LogP contribution < -0.4 is 10.3 Å². The van der Waals surface area contributed by atoms with E-state index in [1.807, 2.05) is 54.3 Å². The molecule has 1 unspecified atom stereocenters. The van der Waals surface area contributed by atoms with Crippen LogP contribution in [0.15, 0.2) is 53.3 Å². The lowest BCUT2D eigenvalue weighted by atomic mass is 10.1. The number of carbonyl (C=O) groups excluding carboxylic acids is 1. The SMILES string of the molecule is CCCCCN(C(=O)C1CC1)C(C)c1nc2ccccc2c(=O)n1-c1ccc(OC)cc1. The molecular weight excluding hydrogens is 402 g/mol. The van der Waals surface area contributed by atoms with Crippen LogP contribution in [0.4, 0.5) is 0 Å². The average Bonchev–Trinajstić information content (AvgIpc) is 3.67. The maximum atomic E-state index is 13.6. The molecule has 4 rings (SSSR count). The van der Waals surface area contributed by atoms with E-state index >= 15 is 0 Å². The summed E-state index contributed by atoms with van der Waals surface area (Å²) in [7, 11) is 1.62. The van der Waals surface area contributed by atoms with Gasteiger partial charge in [0.15, 0.2) is 0 Å². The van der Waals surface area contributed by atoms with E-state index in [0.717, 1.165) is 37.9 Å². The zero-order chi connectivity index (χ0) is 22.7. The number of benzene rings is 2. The minimum atomic E-state index is -0.320. The zero-order valence-corrected chi connectivity index (χ0v) is 19.1. The van der Waals surface area contributed by atoms with Gasteiger partial charge in [0, 0.05) is 12.5 Å². The van der Waals surface area contributed by atoms with Gasteiger partial charge in [0.1, 0.15) is 11.6 Å². The predicted octanol–water partition coefficient (Wildman–Crippen LogP) is 4.88. The van der Waals surface area contributed by atoms with E-state index in [2.05, 4.69) is 6.92 Å². The number of fused-ring (bicyclic) bond motifs is 1. The second-order valence-corrected chi connectivity index (χ2v) is 8.51. The van der Waals surface area contributed by atoms with Crippen LogP contribution in [0.3, 0.4) is 0 Å². The molecule has 32 heavy (non-hydrogen) atoms. The van der Waals surface area contributed by atoms with Crippen molar-refractivity contribution in [3.05, 3.63) is 64.7 Å². The van der Waals surface area contributed by atoms with Crippen molar-refractivity contribution < 1.29 is 9.53 Å². The molecule has 1 amide bonds. The van der Waals surface area contributed by atoms with Gasteiger partial charge in [-0.3, -0.25) is 14.2 Å². The summed E-state index contributed by atoms with van der Waals surface area (Å²) in [5.74, 6) is 1.59. The first-order chi connectivity index (χ1) is 15.5. The summed E-state index contributed by atoms with van der Waals surface area (Å²) in [6, 6.07) is 14.5. The van der Waals surface area contributed by atoms with Crippen LogP contribution in [0, 0.1) is 5.92 Å². The third-order valence-corrected chi connectivity index (χ3v) is 6.19. The van der Waals surface area contributed by atoms with Gasteiger partial charge in [-0.05, 0) is 62.6 Å². The second-order valence-electron chi connectivity index (χ2n) is 8.51. The van der Waals surface area contributed by atoms with Crippen molar-refractivity contribution in [3.8, 4) is 11.4 Å². The molecule has 0 bridgehead atoms. The molecule has 0 radical (unpaired) electrons. The lowest BCUT2D eigenvalue weighted by molar-refractivity contribution is -0.135. The number of aromatic nitrogens is 2. The quantitative estimate of drug-likeness (QED) is 0.451. The highest BCUT2D eigenvalue weighted by molar-refractivity contribution is 5.82. The number of carbonyl (C=O) groups is 1. The third-order valence-electron chi connectivity index (χ3n) is 6.19. The van der Waals surface area contributed by atoms with Crippen LogP contribution in [0.1, 0.15) is 57.8 Å². The summed E-state index contributed by atoms with van der Waals surface area (Å²) < 4.78 is 6.94. The number of amides is 1. The highest BCUT2D eigenvalue weighted by Crippen LogP contribution is 2.34. The number of rotatable bonds is 9. The Bertz CT molecular complexity index is 1150. The van der Waals surface area contributed by atoms with E-state index in [1.54, 1.807) is 17.7 Å². The third kappa shape index (κ3) is 4.40. The number of methoxy groups -OCH3 is 1. The smallest absolute Gasteiger partial charge is 0.266 e. The molecule has 1 aliphatic rings. The van der Waals surface area contributed by atoms with E-state index in [-0.39, 0.29) is 23.4 Å². The van der Waals surface area contributed by atoms with Crippen LogP contribution in [-0.4, -0.2) is 34.0 Å². The molecule has 0 saturated heterocycles. The standard InChI is InChI=1S/C26H31N3O3/c1-4-5-8-17-28(25(30)19-11-12-19)18(2)24-27-23-10-7-6-9-22(23)26(31)29(24)20-13-15-21(32-3)16-14-20/h6-7,9-10,13-16,18-19H,4-5,8,11-12,17H2,1-3H3. The molecule has 0 aliphatic heterocycles. The van der Waals surface area contributed by atoms with Crippen molar-refractivity contribution in [2.24, 2.45) is 5.92 Å². The molecular formula is C26H31N3O3. The largest absolute Gasteiger partial charge is 0.497 e. The van der Waals surface area contributed by atoms with Gasteiger partial charge in [-0.25, -0.2) is 4.98 Å². The van der Waals surface area contributed by atoms with Gasteiger partial charge < -0.3 is 9.64 Å². The summed E-state index contributed by atoms with van der Waals surface area (Å²) in [5, 5.41) is 0.560. The van der Waals surface area contributed by atoms with E-state index < -0.39 is 0 Å². The van der Waals surface area contributed by atoms with Gasteiger partial charge in [0.25, 0.3) is 5.56 Å². The Morgan fingerprint density at radius 3 is 2.53 bits per heavy atom. The minimum absolute atomic E-state index is 0.112. The predicted molar refractivity (Wildman–Crippen MR) is 126 cm³/mol. The molecule has 1 aromatic heterocycles. The normalized spacial score (nSPS) is 14.3. The Hall–Kier alpha value is -3.15. The molecule has 0 N–H and O–H groups in total. The Morgan fingerprint density at radius 2 is 1.88 bits per heavy atom. The lowest BCUT2D eigenvalue weighted by Gasteiger charge is -2.31. The van der Waals surface area contributed by atoms with Crippen LogP contribution in [-0.2, 0) is 4.79 Å². The van der Waals surface area contributed by atoms with E-state index in [1.165, 1.54) is 0 Å². The number of hydrogen-bond donors (Lipinski definition) is 0. The van der Waals surface area contributed by atoms with Crippen molar-refractivity contribution in [2.45, 2.75) is 52.0 Å². The summed E-state index contributed by atoms with van der Waals surface area (Å²) in [4.78, 5) is 33.6. The molecule has 1 saturated carbocycles. The first-order valence-corrected chi connectivity index (χ1v) is 11.5. The van der Waals surface area contributed by atoms with E-state index in [9.17, 15) is 9.59 Å². The molecule has 6 nitrogen and oxygen atoms in total. The first kappa shape index (κ1) is 22.1. The molecule has 1 aliphatic carbocycles. The fraction of sp³-hybridized carbons (Fsp3) is 0.423. The lowest BCUT2D eigenvalue weighted by Crippen LogP contribution is -2.39. The number of nitrogens with zero attached hydrogens (tertiary/aromatic N) is 3. The summed E-state index contributed by atoms with van der Waals surface area (Å²) in [6.07, 6.45) is 5.00. The van der Waals surface area contributed by atoms with Crippen LogP contribution in [0.25, 0.3) is 16.6 Å². The van der Waals surface area contributed by atoms with Crippen molar-refractivity contribution >= 4 is 16.8 Å². The Morgan fingerprint density at radius 1 is 1.16 bits per heavy atom. The van der Waals surface area contributed by atoms with Gasteiger partial charge in [-0.2, -0.15) is 0 Å². The highest BCUT2D eigenvalue weighted by atomic mass is 16.5. The van der Waals surface area contributed by atoms with Crippen LogP contribution in [0.5, 0.6) is 5.75 Å². The maximum Gasteiger partial charge on any atom is 0.266 e. The summed E-state index contributed by atoms with van der Waals surface area (Å²) in [6.45, 7) is 4.82. The van der Waals surface area contributed by atoms with Gasteiger partial charge in [0.05, 0.1) is 29.7 Å². The van der Waals surface area contributed by atoms with Crippen molar-refractivity contribution in [1.82, 2.24) is 14.5 Å². The number of para-hydroxylation sites is 1. The average molecular weight is 434 g/mol. The molecule has 1 fully saturated rings. The highest BCUT2D eigenvalue weighted by Gasteiger charge is 2.36. The van der Waals surface area contributed by atoms with E-state index in [0.29, 0.717) is 29.0 Å². The molecule has 0 spiro atoms. The number of ether oxygens (including phenoxy) is 1. The summed E-state index contributed by atoms with van der Waals surface area (Å²) >= 11 is 0. The van der Waals surface area contributed by atoms with Gasteiger partial charge in [-0.1, -0.05) is 31.9 Å². The zero-order valence-electron chi connectivity index (χ0n) is 19.1. The Kier molecular flexibility index (Phi) is 6.58.